The highest BCUT2D eigenvalue weighted by Gasteiger charge is 2.44. The lowest BCUT2D eigenvalue weighted by Gasteiger charge is -2.20. The molecule has 0 saturated carbocycles. The molecule has 4 heteroatoms. The van der Waals surface area contributed by atoms with Crippen LogP contribution < -0.4 is 0 Å². The maximum Gasteiger partial charge on any atom is 0.310 e. The zero-order valence-corrected chi connectivity index (χ0v) is 11.4. The number of esters is 1. The summed E-state index contributed by atoms with van der Waals surface area (Å²) in [5.41, 5.74) is 2.47. The first-order valence-corrected chi connectivity index (χ1v) is 6.57. The molecule has 0 aromatic rings. The van der Waals surface area contributed by atoms with Crippen LogP contribution in [0.15, 0.2) is 23.8 Å². The summed E-state index contributed by atoms with van der Waals surface area (Å²) < 4.78 is 5.08. The molecule has 0 radical (unpaired) electrons. The van der Waals surface area contributed by atoms with Crippen molar-refractivity contribution in [2.45, 2.75) is 33.1 Å². The topological polar surface area (TPSA) is 63.6 Å². The van der Waals surface area contributed by atoms with Crippen LogP contribution in [0.25, 0.3) is 0 Å². The van der Waals surface area contributed by atoms with Crippen molar-refractivity contribution >= 4 is 11.9 Å². The van der Waals surface area contributed by atoms with E-state index in [0.29, 0.717) is 6.61 Å². The predicted molar refractivity (Wildman–Crippen MR) is 70.4 cm³/mol. The van der Waals surface area contributed by atoms with Gasteiger partial charge in [0.15, 0.2) is 0 Å². The molecule has 0 bridgehead atoms. The Bertz CT molecular complexity index is 459. The number of rotatable bonds is 4. The smallest absolute Gasteiger partial charge is 0.310 e. The van der Waals surface area contributed by atoms with E-state index in [1.807, 2.05) is 6.08 Å². The second-order valence-corrected chi connectivity index (χ2v) is 6.21. The molecule has 2 aliphatic rings. The van der Waals surface area contributed by atoms with Crippen molar-refractivity contribution in [3.05, 3.63) is 23.8 Å². The van der Waals surface area contributed by atoms with Gasteiger partial charge >= 0.3 is 11.9 Å². The highest BCUT2D eigenvalue weighted by atomic mass is 16.5. The molecule has 1 fully saturated rings. The molecule has 1 aliphatic carbocycles. The van der Waals surface area contributed by atoms with E-state index in [-0.39, 0.29) is 23.7 Å². The van der Waals surface area contributed by atoms with Crippen LogP contribution in [-0.4, -0.2) is 23.7 Å². The number of carbonyl (C=O) groups is 2. The molecule has 19 heavy (non-hydrogen) atoms. The van der Waals surface area contributed by atoms with Gasteiger partial charge in [-0.3, -0.25) is 9.59 Å². The van der Waals surface area contributed by atoms with Crippen molar-refractivity contribution in [2.75, 3.05) is 6.61 Å². The molecule has 0 aromatic carbocycles. The van der Waals surface area contributed by atoms with Crippen molar-refractivity contribution in [2.24, 2.45) is 17.3 Å². The molecule has 2 atom stereocenters. The molecule has 104 valence electrons. The Morgan fingerprint density at radius 3 is 2.79 bits per heavy atom. The summed E-state index contributed by atoms with van der Waals surface area (Å²) in [6.07, 6.45) is 3.49. The van der Waals surface area contributed by atoms with E-state index in [4.69, 9.17) is 9.84 Å². The first kappa shape index (κ1) is 13.8. The van der Waals surface area contributed by atoms with Crippen LogP contribution in [-0.2, 0) is 14.3 Å². The zero-order valence-electron chi connectivity index (χ0n) is 11.4. The van der Waals surface area contributed by atoms with Gasteiger partial charge in [-0.15, -0.1) is 0 Å². The third-order valence-electron chi connectivity index (χ3n) is 4.03. The Hall–Kier alpha value is -1.58. The fourth-order valence-electron chi connectivity index (χ4n) is 3.21. The molecule has 1 N–H and O–H groups in total. The summed E-state index contributed by atoms with van der Waals surface area (Å²) in [6.45, 7) is 8.49. The third kappa shape index (κ3) is 2.72. The molecule has 1 heterocycles. The lowest BCUT2D eigenvalue weighted by atomic mass is 9.81. The first-order chi connectivity index (χ1) is 8.84. The Kier molecular flexibility index (Phi) is 3.52. The minimum absolute atomic E-state index is 0.0987. The van der Waals surface area contributed by atoms with Gasteiger partial charge in [0.05, 0.1) is 18.9 Å². The van der Waals surface area contributed by atoms with Gasteiger partial charge in [-0.2, -0.15) is 0 Å². The van der Waals surface area contributed by atoms with Gasteiger partial charge in [0.1, 0.15) is 0 Å². The highest BCUT2D eigenvalue weighted by Crippen LogP contribution is 2.47. The fourth-order valence-corrected chi connectivity index (χ4v) is 3.21. The third-order valence-corrected chi connectivity index (χ3v) is 4.03. The molecule has 0 amide bonds. The number of carboxylic acids is 1. The zero-order chi connectivity index (χ0) is 14.2. The number of cyclic esters (lactones) is 1. The molecule has 1 saturated heterocycles. The van der Waals surface area contributed by atoms with Gasteiger partial charge in [-0.1, -0.05) is 32.1 Å². The Labute approximate surface area is 113 Å². The molecule has 0 spiro atoms. The maximum absolute atomic E-state index is 11.7. The summed E-state index contributed by atoms with van der Waals surface area (Å²) >= 11 is 0. The lowest BCUT2D eigenvalue weighted by Crippen LogP contribution is -2.22. The average Bonchev–Trinajstić information content (AvgIpc) is 2.79. The molecule has 0 aromatic heterocycles. The summed E-state index contributed by atoms with van der Waals surface area (Å²) in [5.74, 6) is -1.98. The maximum atomic E-state index is 11.7. The van der Waals surface area contributed by atoms with Crippen LogP contribution in [0.3, 0.4) is 0 Å². The van der Waals surface area contributed by atoms with E-state index in [1.54, 1.807) is 0 Å². The van der Waals surface area contributed by atoms with E-state index in [0.717, 1.165) is 24.0 Å². The molecule has 2 unspecified atom stereocenters. The fraction of sp³-hybridized carbons (Fsp3) is 0.600. The van der Waals surface area contributed by atoms with Crippen LogP contribution in [0.5, 0.6) is 0 Å². The van der Waals surface area contributed by atoms with Gasteiger partial charge in [0.2, 0.25) is 0 Å². The number of carbonyl (C=O) groups excluding carboxylic acids is 1. The highest BCUT2D eigenvalue weighted by molar-refractivity contribution is 5.81. The summed E-state index contributed by atoms with van der Waals surface area (Å²) in [4.78, 5) is 22.6. The van der Waals surface area contributed by atoms with Crippen molar-refractivity contribution in [3.8, 4) is 0 Å². The van der Waals surface area contributed by atoms with Crippen molar-refractivity contribution < 1.29 is 19.4 Å². The van der Waals surface area contributed by atoms with Crippen LogP contribution >= 0.6 is 0 Å². The number of carboxylic acid groups (broad SMARTS) is 1. The van der Waals surface area contributed by atoms with E-state index in [1.165, 1.54) is 0 Å². The lowest BCUT2D eigenvalue weighted by molar-refractivity contribution is -0.146. The summed E-state index contributed by atoms with van der Waals surface area (Å²) in [5, 5.41) is 8.93. The van der Waals surface area contributed by atoms with Crippen LogP contribution in [0.1, 0.15) is 33.1 Å². The van der Waals surface area contributed by atoms with Gasteiger partial charge in [-0.25, -0.2) is 0 Å². The van der Waals surface area contributed by atoms with Gasteiger partial charge < -0.3 is 9.84 Å². The summed E-state index contributed by atoms with van der Waals surface area (Å²) in [7, 11) is 0. The first-order valence-electron chi connectivity index (χ1n) is 6.57. The molecular formula is C15H20O4. The van der Waals surface area contributed by atoms with Crippen molar-refractivity contribution in [1.29, 1.82) is 0 Å². The SMILES string of the molecule is C=CC1=C(C2COC(=O)C2CC(=O)O)CC(C)(C)C1. The Balaban J connectivity index is 2.27. The van der Waals surface area contributed by atoms with E-state index < -0.39 is 11.9 Å². The van der Waals surface area contributed by atoms with E-state index in [9.17, 15) is 9.59 Å². The summed E-state index contributed by atoms with van der Waals surface area (Å²) in [6, 6.07) is 0. The van der Waals surface area contributed by atoms with Crippen LogP contribution in [0, 0.1) is 17.3 Å². The van der Waals surface area contributed by atoms with Gasteiger partial charge in [0.25, 0.3) is 0 Å². The number of allylic oxidation sites excluding steroid dienone is 2. The minimum Gasteiger partial charge on any atom is -0.481 e. The van der Waals surface area contributed by atoms with E-state index in [2.05, 4.69) is 20.4 Å². The largest absolute Gasteiger partial charge is 0.481 e. The van der Waals surface area contributed by atoms with Crippen molar-refractivity contribution in [1.82, 2.24) is 0 Å². The average molecular weight is 264 g/mol. The molecular weight excluding hydrogens is 244 g/mol. The predicted octanol–water partition coefficient (Wildman–Crippen LogP) is 2.55. The number of hydrogen-bond acceptors (Lipinski definition) is 3. The molecule has 1 aliphatic heterocycles. The van der Waals surface area contributed by atoms with E-state index >= 15 is 0 Å². The molecule has 4 nitrogen and oxygen atoms in total. The number of ether oxygens (including phenoxy) is 1. The normalized spacial score (nSPS) is 29.5. The van der Waals surface area contributed by atoms with Gasteiger partial charge in [-0.05, 0) is 23.8 Å². The second-order valence-electron chi connectivity index (χ2n) is 6.21. The molecule has 2 rings (SSSR count). The van der Waals surface area contributed by atoms with Gasteiger partial charge in [0, 0.05) is 5.92 Å². The Morgan fingerprint density at radius 2 is 2.21 bits per heavy atom. The van der Waals surface area contributed by atoms with Crippen LogP contribution in [0.4, 0.5) is 0 Å². The minimum atomic E-state index is -0.952. The number of hydrogen-bond donors (Lipinski definition) is 1. The monoisotopic (exact) mass is 264 g/mol. The standard InChI is InChI=1S/C15H20O4/c1-4-9-6-15(2,3)7-11(9)12-8-19-14(18)10(12)5-13(16)17/h4,10,12H,1,5-8H2,2-3H3,(H,16,17). The Morgan fingerprint density at radius 1 is 1.53 bits per heavy atom. The van der Waals surface area contributed by atoms with Crippen molar-refractivity contribution in [3.63, 3.8) is 0 Å². The quantitative estimate of drug-likeness (QED) is 0.793. The second kappa shape index (κ2) is 4.83. The number of aliphatic carboxylic acids is 1. The van der Waals surface area contributed by atoms with Crippen LogP contribution in [0.2, 0.25) is 0 Å².